The number of hydrogen-bond donors (Lipinski definition) is 1. The number of halogens is 1. The third kappa shape index (κ3) is 4.25. The Labute approximate surface area is 138 Å². The first-order chi connectivity index (χ1) is 11.4. The molecule has 0 aliphatic rings. The van der Waals surface area contributed by atoms with Gasteiger partial charge in [0.05, 0.1) is 11.3 Å². The Balaban J connectivity index is 1.97. The Kier molecular flexibility index (Phi) is 5.42. The van der Waals surface area contributed by atoms with Crippen molar-refractivity contribution in [2.45, 2.75) is 13.8 Å². The largest absolute Gasteiger partial charge is 0.452 e. The summed E-state index contributed by atoms with van der Waals surface area (Å²) in [5.74, 6) is -2.11. The molecule has 0 aliphatic carbocycles. The molecule has 124 valence electrons. The van der Waals surface area contributed by atoms with E-state index in [1.54, 1.807) is 31.2 Å². The van der Waals surface area contributed by atoms with E-state index in [2.05, 4.69) is 5.32 Å². The fourth-order valence-corrected chi connectivity index (χ4v) is 2.02. The van der Waals surface area contributed by atoms with Gasteiger partial charge in [-0.3, -0.25) is 9.59 Å². The van der Waals surface area contributed by atoms with Gasteiger partial charge in [0.15, 0.2) is 12.4 Å². The molecule has 0 fully saturated rings. The van der Waals surface area contributed by atoms with Crippen LogP contribution in [0.4, 0.5) is 10.1 Å². The number of ketones is 1. The van der Waals surface area contributed by atoms with Crippen LogP contribution in [-0.4, -0.2) is 24.3 Å². The van der Waals surface area contributed by atoms with Crippen LogP contribution in [0, 0.1) is 12.7 Å². The number of carbonyl (C=O) groups is 3. The van der Waals surface area contributed by atoms with E-state index < -0.39 is 24.3 Å². The monoisotopic (exact) mass is 329 g/mol. The molecule has 0 aliphatic heterocycles. The molecule has 0 bridgehead atoms. The van der Waals surface area contributed by atoms with Crippen molar-refractivity contribution in [2.75, 3.05) is 11.9 Å². The molecule has 0 saturated heterocycles. The van der Waals surface area contributed by atoms with E-state index in [1.807, 2.05) is 0 Å². The Bertz CT molecular complexity index is 801. The van der Waals surface area contributed by atoms with Crippen molar-refractivity contribution in [3.8, 4) is 0 Å². The minimum atomic E-state index is -0.802. The van der Waals surface area contributed by atoms with Crippen LogP contribution in [0.5, 0.6) is 0 Å². The van der Waals surface area contributed by atoms with Crippen molar-refractivity contribution in [1.82, 2.24) is 0 Å². The summed E-state index contributed by atoms with van der Waals surface area (Å²) >= 11 is 0. The fourth-order valence-electron chi connectivity index (χ4n) is 2.02. The third-order valence-corrected chi connectivity index (χ3v) is 3.32. The lowest BCUT2D eigenvalue weighted by molar-refractivity contribution is -0.119. The number of anilines is 1. The molecule has 0 spiro atoms. The van der Waals surface area contributed by atoms with Crippen LogP contribution in [0.2, 0.25) is 0 Å². The number of amides is 1. The zero-order valence-electron chi connectivity index (χ0n) is 13.3. The molecule has 0 unspecified atom stereocenters. The van der Waals surface area contributed by atoms with Crippen molar-refractivity contribution in [3.63, 3.8) is 0 Å². The van der Waals surface area contributed by atoms with Crippen molar-refractivity contribution in [3.05, 3.63) is 65.0 Å². The second-order valence-corrected chi connectivity index (χ2v) is 5.19. The first-order valence-electron chi connectivity index (χ1n) is 7.21. The van der Waals surface area contributed by atoms with Gasteiger partial charge in [-0.15, -0.1) is 0 Å². The van der Waals surface area contributed by atoms with E-state index in [9.17, 15) is 18.8 Å². The summed E-state index contributed by atoms with van der Waals surface area (Å²) in [5, 5.41) is 2.51. The summed E-state index contributed by atoms with van der Waals surface area (Å²) in [6.07, 6.45) is 0. The van der Waals surface area contributed by atoms with Crippen LogP contribution in [0.1, 0.15) is 33.2 Å². The van der Waals surface area contributed by atoms with Crippen LogP contribution < -0.4 is 5.32 Å². The first-order valence-corrected chi connectivity index (χ1v) is 7.21. The fraction of sp³-hybridized carbons (Fsp3) is 0.167. The average molecular weight is 329 g/mol. The van der Waals surface area contributed by atoms with Gasteiger partial charge in [-0.05, 0) is 43.7 Å². The molecule has 2 rings (SSSR count). The molecule has 5 nitrogen and oxygen atoms in total. The van der Waals surface area contributed by atoms with Crippen molar-refractivity contribution < 1.29 is 23.5 Å². The zero-order valence-corrected chi connectivity index (χ0v) is 13.3. The number of Topliss-reactive ketones (excluding diaryl/α,β-unsaturated/α-hetero) is 1. The molecule has 2 aromatic carbocycles. The molecule has 0 aromatic heterocycles. The van der Waals surface area contributed by atoms with Gasteiger partial charge < -0.3 is 10.1 Å². The molecule has 0 atom stereocenters. The normalized spacial score (nSPS) is 10.1. The maximum atomic E-state index is 13.4. The van der Waals surface area contributed by atoms with E-state index in [1.165, 1.54) is 19.1 Å². The van der Waals surface area contributed by atoms with Crippen LogP contribution in [0.25, 0.3) is 0 Å². The highest BCUT2D eigenvalue weighted by atomic mass is 19.1. The molecule has 6 heteroatoms. The summed E-state index contributed by atoms with van der Waals surface area (Å²) in [4.78, 5) is 35.2. The highest BCUT2D eigenvalue weighted by molar-refractivity contribution is 6.04. The topological polar surface area (TPSA) is 72.5 Å². The summed E-state index contributed by atoms with van der Waals surface area (Å²) in [7, 11) is 0. The standard InChI is InChI=1S/C18H16FNO4/c1-11-7-8-13(9-15(11)19)18(23)24-10-17(22)20-16-6-4-3-5-14(16)12(2)21/h3-9H,10H2,1-2H3,(H,20,22). The molecule has 0 saturated carbocycles. The maximum Gasteiger partial charge on any atom is 0.338 e. The van der Waals surface area contributed by atoms with Crippen LogP contribution in [0.15, 0.2) is 42.5 Å². The summed E-state index contributed by atoms with van der Waals surface area (Å²) in [5.41, 5.74) is 1.13. The number of ether oxygens (including phenoxy) is 1. The van der Waals surface area contributed by atoms with E-state index in [0.717, 1.165) is 6.07 Å². The van der Waals surface area contributed by atoms with Crippen LogP contribution in [0.3, 0.4) is 0 Å². The van der Waals surface area contributed by atoms with E-state index >= 15 is 0 Å². The minimum Gasteiger partial charge on any atom is -0.452 e. The molecule has 24 heavy (non-hydrogen) atoms. The van der Waals surface area contributed by atoms with Crippen molar-refractivity contribution >= 4 is 23.3 Å². The van der Waals surface area contributed by atoms with Gasteiger partial charge in [0.2, 0.25) is 0 Å². The Morgan fingerprint density at radius 1 is 1.12 bits per heavy atom. The summed E-state index contributed by atoms with van der Waals surface area (Å²) < 4.78 is 18.3. The maximum absolute atomic E-state index is 13.4. The Morgan fingerprint density at radius 2 is 1.83 bits per heavy atom. The molecule has 0 heterocycles. The van der Waals surface area contributed by atoms with Gasteiger partial charge >= 0.3 is 5.97 Å². The number of aryl methyl sites for hydroxylation is 1. The van der Waals surface area contributed by atoms with E-state index in [0.29, 0.717) is 16.8 Å². The second-order valence-electron chi connectivity index (χ2n) is 5.19. The highest BCUT2D eigenvalue weighted by Crippen LogP contribution is 2.15. The van der Waals surface area contributed by atoms with Gasteiger partial charge in [0.1, 0.15) is 5.82 Å². The lowest BCUT2D eigenvalue weighted by atomic mass is 10.1. The lowest BCUT2D eigenvalue weighted by Crippen LogP contribution is -2.22. The van der Waals surface area contributed by atoms with Gasteiger partial charge in [0.25, 0.3) is 5.91 Å². The summed E-state index contributed by atoms with van der Waals surface area (Å²) in [6, 6.07) is 10.4. The quantitative estimate of drug-likeness (QED) is 0.676. The number of benzene rings is 2. The first kappa shape index (κ1) is 17.3. The lowest BCUT2D eigenvalue weighted by Gasteiger charge is -2.09. The van der Waals surface area contributed by atoms with Crippen molar-refractivity contribution in [1.29, 1.82) is 0 Å². The Morgan fingerprint density at radius 3 is 2.50 bits per heavy atom. The van der Waals surface area contributed by atoms with Crippen LogP contribution >= 0.6 is 0 Å². The SMILES string of the molecule is CC(=O)c1ccccc1NC(=O)COC(=O)c1ccc(C)c(F)c1. The molecule has 2 aromatic rings. The molecular formula is C18H16FNO4. The van der Waals surface area contributed by atoms with E-state index in [4.69, 9.17) is 4.74 Å². The number of hydrogen-bond acceptors (Lipinski definition) is 4. The molecular weight excluding hydrogens is 313 g/mol. The number of para-hydroxylation sites is 1. The summed E-state index contributed by atoms with van der Waals surface area (Å²) in [6.45, 7) is 2.42. The molecule has 1 N–H and O–H groups in total. The van der Waals surface area contributed by atoms with E-state index in [-0.39, 0.29) is 11.3 Å². The number of nitrogens with one attached hydrogen (secondary N) is 1. The number of rotatable bonds is 5. The molecule has 1 amide bonds. The predicted octanol–water partition coefficient (Wildman–Crippen LogP) is 3.13. The van der Waals surface area contributed by atoms with Gasteiger partial charge in [-0.1, -0.05) is 18.2 Å². The van der Waals surface area contributed by atoms with Crippen LogP contribution in [-0.2, 0) is 9.53 Å². The number of carbonyl (C=O) groups excluding carboxylic acids is 3. The predicted molar refractivity (Wildman–Crippen MR) is 86.5 cm³/mol. The minimum absolute atomic E-state index is 0.0232. The van der Waals surface area contributed by atoms with Gasteiger partial charge in [0, 0.05) is 5.56 Å². The highest BCUT2D eigenvalue weighted by Gasteiger charge is 2.14. The van der Waals surface area contributed by atoms with Gasteiger partial charge in [-0.25, -0.2) is 9.18 Å². The molecule has 0 radical (unpaired) electrons. The van der Waals surface area contributed by atoms with Gasteiger partial charge in [-0.2, -0.15) is 0 Å². The zero-order chi connectivity index (χ0) is 17.7. The Hall–Kier alpha value is -3.02. The smallest absolute Gasteiger partial charge is 0.338 e. The third-order valence-electron chi connectivity index (χ3n) is 3.32. The second kappa shape index (κ2) is 7.50. The van der Waals surface area contributed by atoms with Crippen molar-refractivity contribution in [2.24, 2.45) is 0 Å². The number of esters is 1. The average Bonchev–Trinajstić information content (AvgIpc) is 2.55.